The molecule has 4 rings (SSSR count). The van der Waals surface area contributed by atoms with Crippen molar-refractivity contribution in [2.75, 3.05) is 5.32 Å². The van der Waals surface area contributed by atoms with Crippen molar-refractivity contribution < 1.29 is 18.0 Å². The molecule has 1 atom stereocenters. The lowest BCUT2D eigenvalue weighted by Gasteiger charge is -2.20. The number of carbonyl (C=O) groups is 1. The fraction of sp³-hybridized carbons (Fsp3) is 0.250. The molecule has 2 aromatic carbocycles. The summed E-state index contributed by atoms with van der Waals surface area (Å²) in [5.74, 6) is 0.798. The number of nitrogens with two attached hydrogens (primary N) is 1. The number of carbonyl (C=O) groups excluding carboxylic acids is 1. The lowest BCUT2D eigenvalue weighted by Crippen LogP contribution is -2.14. The first-order chi connectivity index (χ1) is 14.8. The van der Waals surface area contributed by atoms with E-state index in [2.05, 4.69) is 10.3 Å². The number of aromatic nitrogens is 1. The van der Waals surface area contributed by atoms with Crippen LogP contribution in [0.25, 0.3) is 11.1 Å². The van der Waals surface area contributed by atoms with Crippen LogP contribution in [0.15, 0.2) is 66.9 Å². The zero-order chi connectivity index (χ0) is 22.0. The van der Waals surface area contributed by atoms with Crippen LogP contribution in [0.4, 0.5) is 19.0 Å². The maximum Gasteiger partial charge on any atom is 0.416 e. The van der Waals surface area contributed by atoms with Gasteiger partial charge in [0.25, 0.3) is 0 Å². The second-order valence-corrected chi connectivity index (χ2v) is 7.87. The summed E-state index contributed by atoms with van der Waals surface area (Å²) in [7, 11) is 0. The monoisotopic (exact) mass is 425 g/mol. The Kier molecular flexibility index (Phi) is 5.67. The van der Waals surface area contributed by atoms with E-state index in [-0.39, 0.29) is 6.04 Å². The third-order valence-electron chi connectivity index (χ3n) is 5.49. The van der Waals surface area contributed by atoms with Crippen LogP contribution in [0.5, 0.6) is 0 Å². The number of halogens is 3. The molecule has 1 unspecified atom stereocenters. The quantitative estimate of drug-likeness (QED) is 0.501. The van der Waals surface area contributed by atoms with Crippen molar-refractivity contribution >= 4 is 11.7 Å². The molecule has 0 aliphatic heterocycles. The first-order valence-corrected chi connectivity index (χ1v) is 10.1. The van der Waals surface area contributed by atoms with Gasteiger partial charge in [0.15, 0.2) is 0 Å². The largest absolute Gasteiger partial charge is 0.416 e. The van der Waals surface area contributed by atoms with E-state index < -0.39 is 17.6 Å². The van der Waals surface area contributed by atoms with Crippen molar-refractivity contribution in [1.29, 1.82) is 0 Å². The summed E-state index contributed by atoms with van der Waals surface area (Å²) < 4.78 is 38.3. The Morgan fingerprint density at radius 2 is 1.61 bits per heavy atom. The van der Waals surface area contributed by atoms with Crippen molar-refractivity contribution in [3.63, 3.8) is 0 Å². The fourth-order valence-electron chi connectivity index (χ4n) is 3.53. The highest BCUT2D eigenvalue weighted by Crippen LogP contribution is 2.39. The lowest BCUT2D eigenvalue weighted by atomic mass is 9.97. The van der Waals surface area contributed by atoms with Gasteiger partial charge in [-0.25, -0.2) is 4.98 Å². The molecule has 0 spiro atoms. The Morgan fingerprint density at radius 3 is 2.10 bits per heavy atom. The Balaban J connectivity index is 1.51. The van der Waals surface area contributed by atoms with Gasteiger partial charge in [-0.15, -0.1) is 0 Å². The molecule has 3 N–H and O–H groups in total. The van der Waals surface area contributed by atoms with E-state index in [1.807, 2.05) is 24.3 Å². The average Bonchev–Trinajstić information content (AvgIpc) is 3.57. The van der Waals surface area contributed by atoms with Gasteiger partial charge in [0.2, 0.25) is 5.91 Å². The summed E-state index contributed by atoms with van der Waals surface area (Å²) in [6, 6.07) is 16.4. The minimum atomic E-state index is -4.34. The third kappa shape index (κ3) is 5.23. The highest BCUT2D eigenvalue weighted by atomic mass is 19.4. The molecule has 3 aromatic rings. The number of pyridine rings is 1. The minimum Gasteiger partial charge on any atom is -0.366 e. The van der Waals surface area contributed by atoms with Gasteiger partial charge in [0.05, 0.1) is 17.2 Å². The van der Waals surface area contributed by atoms with Crippen LogP contribution in [-0.2, 0) is 6.18 Å². The molecule has 1 saturated carbocycles. The van der Waals surface area contributed by atoms with Crippen LogP contribution in [0.3, 0.4) is 0 Å². The van der Waals surface area contributed by atoms with Crippen molar-refractivity contribution in [3.8, 4) is 11.1 Å². The Hall–Kier alpha value is -3.35. The number of hydrogen-bond donors (Lipinski definition) is 2. The van der Waals surface area contributed by atoms with Crippen LogP contribution < -0.4 is 11.1 Å². The molecular formula is C24H22F3N3O. The van der Waals surface area contributed by atoms with Crippen LogP contribution in [0.2, 0.25) is 0 Å². The van der Waals surface area contributed by atoms with Gasteiger partial charge < -0.3 is 11.1 Å². The second-order valence-electron chi connectivity index (χ2n) is 7.87. The standard InChI is InChI=1S/C24H22F3N3O/c25-24(26,27)20-10-7-17(8-11-20)16-3-5-18(6-4-16)21(13-15-1-2-15)30-22-12-9-19(14-29-22)23(28)31/h3-12,14-15,21H,1-2,13H2,(H2,28,31)(H,29,30). The van der Waals surface area contributed by atoms with Gasteiger partial charge in [-0.1, -0.05) is 49.2 Å². The van der Waals surface area contributed by atoms with Crippen LogP contribution in [0, 0.1) is 5.92 Å². The van der Waals surface area contributed by atoms with E-state index >= 15 is 0 Å². The maximum atomic E-state index is 12.8. The predicted octanol–water partition coefficient (Wildman–Crippen LogP) is 5.82. The van der Waals surface area contributed by atoms with E-state index in [0.717, 1.165) is 35.2 Å². The first-order valence-electron chi connectivity index (χ1n) is 10.1. The first kappa shape index (κ1) is 20.9. The molecule has 1 aromatic heterocycles. The molecule has 1 fully saturated rings. The molecule has 7 heteroatoms. The van der Waals surface area contributed by atoms with Crippen LogP contribution in [-0.4, -0.2) is 10.9 Å². The molecule has 0 bridgehead atoms. The van der Waals surface area contributed by atoms with Gasteiger partial charge in [-0.3, -0.25) is 4.79 Å². The number of amides is 1. The van der Waals surface area contributed by atoms with E-state index in [1.165, 1.54) is 31.2 Å². The molecule has 1 heterocycles. The van der Waals surface area contributed by atoms with E-state index in [1.54, 1.807) is 12.1 Å². The number of nitrogens with zero attached hydrogens (tertiary/aromatic N) is 1. The van der Waals surface area contributed by atoms with Gasteiger partial charge >= 0.3 is 6.18 Å². The van der Waals surface area contributed by atoms with Crippen LogP contribution >= 0.6 is 0 Å². The van der Waals surface area contributed by atoms with Crippen molar-refractivity contribution in [3.05, 3.63) is 83.6 Å². The molecule has 31 heavy (non-hydrogen) atoms. The van der Waals surface area contributed by atoms with E-state index in [0.29, 0.717) is 17.3 Å². The van der Waals surface area contributed by atoms with Gasteiger partial charge in [0.1, 0.15) is 5.82 Å². The van der Waals surface area contributed by atoms with Crippen molar-refractivity contribution in [1.82, 2.24) is 4.98 Å². The lowest BCUT2D eigenvalue weighted by molar-refractivity contribution is -0.137. The highest BCUT2D eigenvalue weighted by Gasteiger charge is 2.30. The number of primary amides is 1. The fourth-order valence-corrected chi connectivity index (χ4v) is 3.53. The zero-order valence-corrected chi connectivity index (χ0v) is 16.7. The number of nitrogens with one attached hydrogen (secondary N) is 1. The van der Waals surface area contributed by atoms with Gasteiger partial charge in [-0.2, -0.15) is 13.2 Å². The molecule has 1 aliphatic carbocycles. The zero-order valence-electron chi connectivity index (χ0n) is 16.7. The molecule has 4 nitrogen and oxygen atoms in total. The smallest absolute Gasteiger partial charge is 0.366 e. The topological polar surface area (TPSA) is 68.0 Å². The molecule has 0 saturated heterocycles. The van der Waals surface area contributed by atoms with Gasteiger partial charge in [-0.05, 0) is 53.3 Å². The predicted molar refractivity (Wildman–Crippen MR) is 113 cm³/mol. The highest BCUT2D eigenvalue weighted by molar-refractivity contribution is 5.92. The maximum absolute atomic E-state index is 12.8. The molecule has 1 amide bonds. The summed E-state index contributed by atoms with van der Waals surface area (Å²) >= 11 is 0. The van der Waals surface area contributed by atoms with E-state index in [9.17, 15) is 18.0 Å². The van der Waals surface area contributed by atoms with E-state index in [4.69, 9.17) is 5.73 Å². The Bertz CT molecular complexity index is 1040. The Morgan fingerprint density at radius 1 is 1.00 bits per heavy atom. The van der Waals surface area contributed by atoms with Crippen molar-refractivity contribution in [2.24, 2.45) is 11.7 Å². The summed E-state index contributed by atoms with van der Waals surface area (Å²) in [5.41, 5.74) is 7.62. The molecule has 1 aliphatic rings. The average molecular weight is 425 g/mol. The molecule has 0 radical (unpaired) electrons. The number of alkyl halides is 3. The molecular weight excluding hydrogens is 403 g/mol. The van der Waals surface area contributed by atoms with Crippen molar-refractivity contribution in [2.45, 2.75) is 31.5 Å². The number of hydrogen-bond acceptors (Lipinski definition) is 3. The van der Waals surface area contributed by atoms with Crippen LogP contribution in [0.1, 0.15) is 46.8 Å². The molecule has 160 valence electrons. The summed E-state index contributed by atoms with van der Waals surface area (Å²) in [5, 5.41) is 3.43. The summed E-state index contributed by atoms with van der Waals surface area (Å²) in [6.45, 7) is 0. The third-order valence-corrected chi connectivity index (χ3v) is 5.49. The summed E-state index contributed by atoms with van der Waals surface area (Å²) in [4.78, 5) is 15.5. The minimum absolute atomic E-state index is 0.0427. The second kappa shape index (κ2) is 8.41. The number of rotatable bonds is 7. The normalized spacial score (nSPS) is 14.8. The van der Waals surface area contributed by atoms with Gasteiger partial charge in [0, 0.05) is 6.20 Å². The Labute approximate surface area is 178 Å². The number of benzene rings is 2. The SMILES string of the molecule is NC(=O)c1ccc(NC(CC2CC2)c2ccc(-c3ccc(C(F)(F)F)cc3)cc2)nc1. The number of anilines is 1. The summed E-state index contributed by atoms with van der Waals surface area (Å²) in [6.07, 6.45) is 0.477.